The number of benzene rings is 2. The number of thiophene rings is 1. The number of hydrogen-bond acceptors (Lipinski definition) is 2. The molecule has 4 aromatic rings. The molecule has 3 heteroatoms. The van der Waals surface area contributed by atoms with Crippen molar-refractivity contribution in [3.8, 4) is 11.3 Å². The van der Waals surface area contributed by atoms with Gasteiger partial charge in [0, 0.05) is 9.60 Å². The van der Waals surface area contributed by atoms with Crippen molar-refractivity contribution in [3.05, 3.63) is 60.7 Å². The van der Waals surface area contributed by atoms with E-state index in [1.807, 2.05) is 18.2 Å². The maximum absolute atomic E-state index is 6.24. The van der Waals surface area contributed by atoms with Crippen LogP contribution in [0.2, 0.25) is 0 Å². The summed E-state index contributed by atoms with van der Waals surface area (Å²) in [7, 11) is 0. The van der Waals surface area contributed by atoms with Gasteiger partial charge < -0.3 is 0 Å². The first-order chi connectivity index (χ1) is 10.4. The second kappa shape index (κ2) is 5.17. The molecule has 0 saturated heterocycles. The van der Waals surface area contributed by atoms with Gasteiger partial charge in [0.05, 0.1) is 17.0 Å². The monoisotopic (exact) mass is 309 g/mol. The quantitative estimate of drug-likeness (QED) is 0.317. The van der Waals surface area contributed by atoms with Crippen molar-refractivity contribution in [2.75, 3.05) is 6.26 Å². The molecule has 21 heavy (non-hydrogen) atoms. The highest BCUT2D eigenvalue weighted by molar-refractivity contribution is 7.99. The first kappa shape index (κ1) is 12.9. The summed E-state index contributed by atoms with van der Waals surface area (Å²) in [5.41, 5.74) is 2.12. The van der Waals surface area contributed by atoms with Gasteiger partial charge in [-0.2, -0.15) is 0 Å². The maximum atomic E-state index is 6.24. The summed E-state index contributed by atoms with van der Waals surface area (Å²) in [5, 5.41) is 1.20. The zero-order valence-electron chi connectivity index (χ0n) is 11.5. The summed E-state index contributed by atoms with van der Waals surface area (Å²) in [6.07, 6.45) is 2.12. The number of hydrogen-bond donors (Lipinski definition) is 0. The minimum atomic E-state index is 0.927. The molecule has 0 saturated carbocycles. The van der Waals surface area contributed by atoms with E-state index in [1.165, 1.54) is 19.7 Å². The van der Waals surface area contributed by atoms with Crippen molar-refractivity contribution in [2.24, 2.45) is 0 Å². The van der Waals surface area contributed by atoms with Crippen molar-refractivity contribution in [1.82, 2.24) is 0 Å². The molecule has 1 nitrogen and oxygen atoms in total. The molecule has 0 atom stereocenters. The average Bonchev–Trinajstić information content (AvgIpc) is 2.93. The number of thioether (sulfide) groups is 1. The third-order valence-corrected chi connectivity index (χ3v) is 5.60. The Labute approximate surface area is 131 Å². The molecule has 0 radical (unpaired) electrons. The maximum Gasteiger partial charge on any atom is 0.380 e. The minimum Gasteiger partial charge on any atom is -0.205 e. The first-order valence-electron chi connectivity index (χ1n) is 6.74. The summed E-state index contributed by atoms with van der Waals surface area (Å²) in [6.45, 7) is 0. The van der Waals surface area contributed by atoms with E-state index in [0.29, 0.717) is 0 Å². The van der Waals surface area contributed by atoms with E-state index >= 15 is 0 Å². The van der Waals surface area contributed by atoms with Crippen LogP contribution in [-0.2, 0) is 0 Å². The molecular formula is C18H13OS2+. The van der Waals surface area contributed by atoms with Crippen LogP contribution in [0.5, 0.6) is 0 Å². The predicted octanol–water partition coefficient (Wildman–Crippen LogP) is 6.32. The predicted molar refractivity (Wildman–Crippen MR) is 93.2 cm³/mol. The van der Waals surface area contributed by atoms with Crippen LogP contribution >= 0.6 is 23.1 Å². The van der Waals surface area contributed by atoms with Crippen molar-refractivity contribution >= 4 is 43.5 Å². The highest BCUT2D eigenvalue weighted by Gasteiger charge is 2.23. The zero-order valence-corrected chi connectivity index (χ0v) is 13.1. The largest absolute Gasteiger partial charge is 0.380 e. The van der Waals surface area contributed by atoms with Crippen LogP contribution in [0.25, 0.3) is 31.7 Å². The van der Waals surface area contributed by atoms with Gasteiger partial charge in [0.15, 0.2) is 0 Å². The van der Waals surface area contributed by atoms with Crippen molar-refractivity contribution < 1.29 is 4.42 Å². The van der Waals surface area contributed by atoms with E-state index < -0.39 is 0 Å². The molecule has 2 heterocycles. The van der Waals surface area contributed by atoms with Crippen LogP contribution in [0.1, 0.15) is 0 Å². The molecule has 0 amide bonds. The van der Waals surface area contributed by atoms with Gasteiger partial charge in [-0.05, 0) is 30.5 Å². The minimum absolute atomic E-state index is 0.927. The Morgan fingerprint density at radius 2 is 1.71 bits per heavy atom. The topological polar surface area (TPSA) is 11.3 Å². The lowest BCUT2D eigenvalue weighted by atomic mass is 10.1. The van der Waals surface area contributed by atoms with E-state index in [4.69, 9.17) is 4.42 Å². The van der Waals surface area contributed by atoms with E-state index in [-0.39, 0.29) is 0 Å². The Bertz CT molecular complexity index is 926. The van der Waals surface area contributed by atoms with Crippen molar-refractivity contribution in [2.45, 2.75) is 4.90 Å². The second-order valence-electron chi connectivity index (χ2n) is 4.80. The third kappa shape index (κ3) is 2.13. The summed E-state index contributed by atoms with van der Waals surface area (Å²) in [6, 6.07) is 20.9. The van der Waals surface area contributed by atoms with Gasteiger partial charge >= 0.3 is 11.3 Å². The lowest BCUT2D eigenvalue weighted by Crippen LogP contribution is -1.79. The lowest BCUT2D eigenvalue weighted by Gasteiger charge is -1.95. The molecule has 102 valence electrons. The molecule has 0 aliphatic heterocycles. The summed E-state index contributed by atoms with van der Waals surface area (Å²) < 4.78 is 8.75. The Morgan fingerprint density at radius 1 is 0.952 bits per heavy atom. The van der Waals surface area contributed by atoms with Crippen molar-refractivity contribution in [1.29, 1.82) is 0 Å². The smallest absolute Gasteiger partial charge is 0.205 e. The molecule has 4 rings (SSSR count). The standard InChI is InChI=1S/C18H13OS2/c1-20-16-11-14(12-7-3-2-4-8-12)19-17-13-9-5-6-10-15(13)21-18(16)17/h2-11H,1H3/q+1. The highest BCUT2D eigenvalue weighted by Crippen LogP contribution is 2.41. The van der Waals surface area contributed by atoms with Gasteiger partial charge in [-0.3, -0.25) is 0 Å². The Kier molecular flexibility index (Phi) is 3.17. The molecule has 2 aromatic heterocycles. The van der Waals surface area contributed by atoms with Crippen LogP contribution in [-0.4, -0.2) is 6.26 Å². The zero-order chi connectivity index (χ0) is 14.2. The van der Waals surface area contributed by atoms with Gasteiger partial charge in [0.1, 0.15) is 4.70 Å². The van der Waals surface area contributed by atoms with Gasteiger partial charge in [0.2, 0.25) is 0 Å². The molecule has 2 aromatic carbocycles. The van der Waals surface area contributed by atoms with Gasteiger partial charge in [0.25, 0.3) is 0 Å². The van der Waals surface area contributed by atoms with Crippen LogP contribution in [0.4, 0.5) is 0 Å². The number of fused-ring (bicyclic) bond motifs is 3. The SMILES string of the molecule is CSc1cc(-c2ccccc2)[o+]c2c1sc1ccccc12. The van der Waals surface area contributed by atoms with E-state index in [1.54, 1.807) is 23.1 Å². The van der Waals surface area contributed by atoms with Gasteiger partial charge in [-0.1, -0.05) is 30.3 Å². The fraction of sp³-hybridized carbons (Fsp3) is 0.0556. The summed E-state index contributed by atoms with van der Waals surface area (Å²) in [4.78, 5) is 1.27. The average molecular weight is 309 g/mol. The van der Waals surface area contributed by atoms with Crippen LogP contribution in [0.15, 0.2) is 70.0 Å². The summed E-state index contributed by atoms with van der Waals surface area (Å²) >= 11 is 3.57. The Balaban J connectivity index is 2.08. The van der Waals surface area contributed by atoms with E-state index in [0.717, 1.165) is 16.9 Å². The molecule has 0 unspecified atom stereocenters. The lowest BCUT2D eigenvalue weighted by molar-refractivity contribution is 0.621. The molecule has 0 bridgehead atoms. The van der Waals surface area contributed by atoms with Crippen LogP contribution < -0.4 is 0 Å². The second-order valence-corrected chi connectivity index (χ2v) is 6.70. The summed E-state index contributed by atoms with van der Waals surface area (Å²) in [5.74, 6) is 0.927. The fourth-order valence-corrected chi connectivity index (χ4v) is 4.42. The van der Waals surface area contributed by atoms with Gasteiger partial charge in [-0.25, -0.2) is 4.42 Å². The third-order valence-electron chi connectivity index (χ3n) is 3.53. The molecule has 0 spiro atoms. The Hall–Kier alpha value is -1.84. The van der Waals surface area contributed by atoms with Gasteiger partial charge in [-0.15, -0.1) is 23.1 Å². The first-order valence-corrected chi connectivity index (χ1v) is 8.79. The Morgan fingerprint density at radius 3 is 2.52 bits per heavy atom. The molecular weight excluding hydrogens is 296 g/mol. The van der Waals surface area contributed by atoms with Crippen LogP contribution in [0.3, 0.4) is 0 Å². The molecule has 0 aliphatic carbocycles. The fourth-order valence-electron chi connectivity index (χ4n) is 2.51. The molecule has 0 aliphatic rings. The highest BCUT2D eigenvalue weighted by atomic mass is 32.2. The molecule has 0 N–H and O–H groups in total. The van der Waals surface area contributed by atoms with E-state index in [9.17, 15) is 0 Å². The van der Waals surface area contributed by atoms with E-state index in [2.05, 4.69) is 48.7 Å². The number of rotatable bonds is 2. The normalized spacial score (nSPS) is 11.3. The van der Waals surface area contributed by atoms with Crippen LogP contribution in [0, 0.1) is 0 Å². The van der Waals surface area contributed by atoms with Crippen molar-refractivity contribution in [3.63, 3.8) is 0 Å². The molecule has 0 fully saturated rings.